The van der Waals surface area contributed by atoms with Crippen LogP contribution >= 0.6 is 11.6 Å². The lowest BCUT2D eigenvalue weighted by atomic mass is 9.96. The molecule has 2 aromatic rings. The van der Waals surface area contributed by atoms with E-state index in [1.807, 2.05) is 20.8 Å². The highest BCUT2D eigenvalue weighted by Crippen LogP contribution is 2.24. The van der Waals surface area contributed by atoms with E-state index < -0.39 is 5.60 Å². The zero-order valence-corrected chi connectivity index (χ0v) is 16.8. The number of hydrogen-bond acceptors (Lipinski definition) is 6. The van der Waals surface area contributed by atoms with Gasteiger partial charge in [-0.15, -0.1) is 5.10 Å². The molecule has 2 heterocycles. The second-order valence-corrected chi connectivity index (χ2v) is 8.09. The Hall–Kier alpha value is -2.61. The van der Waals surface area contributed by atoms with Crippen molar-refractivity contribution in [2.45, 2.75) is 39.2 Å². The molecular formula is C19H23ClN4O4. The Kier molecular flexibility index (Phi) is 5.88. The van der Waals surface area contributed by atoms with Gasteiger partial charge in [-0.05, 0) is 57.9 Å². The van der Waals surface area contributed by atoms with Crippen LogP contribution in [0.3, 0.4) is 0 Å². The number of carbonyl (C=O) groups is 2. The molecular weight excluding hydrogens is 384 g/mol. The van der Waals surface area contributed by atoms with Crippen LogP contribution in [0.2, 0.25) is 5.02 Å². The highest BCUT2D eigenvalue weighted by molar-refractivity contribution is 6.30. The standard InChI is InChI=1S/C19H23ClN4O4/c1-19(2,3)28-18(26)24-10-8-12(9-11-24)15(25)21-17-23-22-16(27-17)13-4-6-14(20)7-5-13/h4-7,12H,8-11H2,1-3H3,(H,21,23,25). The summed E-state index contributed by atoms with van der Waals surface area (Å²) in [4.78, 5) is 26.2. The number of likely N-dealkylation sites (tertiary alicyclic amines) is 1. The number of halogens is 1. The third-order valence-electron chi connectivity index (χ3n) is 4.26. The molecule has 0 unspecified atom stereocenters. The second-order valence-electron chi connectivity index (χ2n) is 7.65. The van der Waals surface area contributed by atoms with Gasteiger partial charge in [-0.2, -0.15) is 0 Å². The van der Waals surface area contributed by atoms with Crippen LogP contribution in [0.1, 0.15) is 33.6 Å². The Bertz CT molecular complexity index is 836. The predicted molar refractivity (Wildman–Crippen MR) is 104 cm³/mol. The number of amides is 2. The van der Waals surface area contributed by atoms with Crippen molar-refractivity contribution in [2.24, 2.45) is 5.92 Å². The number of hydrogen-bond donors (Lipinski definition) is 1. The predicted octanol–water partition coefficient (Wildman–Crippen LogP) is 3.98. The summed E-state index contributed by atoms with van der Waals surface area (Å²) in [5.41, 5.74) is 0.175. The average Bonchev–Trinajstić information content (AvgIpc) is 3.09. The highest BCUT2D eigenvalue weighted by atomic mass is 35.5. The number of benzene rings is 1. The Morgan fingerprint density at radius 1 is 1.18 bits per heavy atom. The lowest BCUT2D eigenvalue weighted by molar-refractivity contribution is -0.121. The van der Waals surface area contributed by atoms with Crippen LogP contribution in [-0.2, 0) is 9.53 Å². The van der Waals surface area contributed by atoms with Crippen LogP contribution in [0.5, 0.6) is 0 Å². The molecule has 0 aliphatic carbocycles. The quantitative estimate of drug-likeness (QED) is 0.827. The number of piperidine rings is 1. The van der Waals surface area contributed by atoms with E-state index in [1.165, 1.54) is 0 Å². The van der Waals surface area contributed by atoms with E-state index in [0.717, 1.165) is 0 Å². The minimum absolute atomic E-state index is 0.0459. The molecule has 8 nitrogen and oxygen atoms in total. The van der Waals surface area contributed by atoms with Crippen LogP contribution in [0.15, 0.2) is 28.7 Å². The molecule has 1 fully saturated rings. The van der Waals surface area contributed by atoms with E-state index in [0.29, 0.717) is 42.4 Å². The van der Waals surface area contributed by atoms with Crippen molar-refractivity contribution in [2.75, 3.05) is 18.4 Å². The van der Waals surface area contributed by atoms with Gasteiger partial charge >= 0.3 is 12.1 Å². The van der Waals surface area contributed by atoms with Gasteiger partial charge in [0.25, 0.3) is 0 Å². The first-order valence-corrected chi connectivity index (χ1v) is 9.47. The summed E-state index contributed by atoms with van der Waals surface area (Å²) in [6.07, 6.45) is 0.739. The van der Waals surface area contributed by atoms with Crippen LogP contribution in [0.25, 0.3) is 11.5 Å². The molecule has 1 aliphatic heterocycles. The zero-order valence-electron chi connectivity index (χ0n) is 16.1. The average molecular weight is 407 g/mol. The fourth-order valence-electron chi connectivity index (χ4n) is 2.84. The molecule has 0 atom stereocenters. The lowest BCUT2D eigenvalue weighted by Crippen LogP contribution is -2.43. The van der Waals surface area contributed by atoms with Crippen LogP contribution in [0, 0.1) is 5.92 Å². The SMILES string of the molecule is CC(C)(C)OC(=O)N1CCC(C(=O)Nc2nnc(-c3ccc(Cl)cc3)o2)CC1. The van der Waals surface area contributed by atoms with Gasteiger partial charge in [0.2, 0.25) is 11.8 Å². The van der Waals surface area contributed by atoms with Crippen molar-refractivity contribution in [1.29, 1.82) is 0 Å². The molecule has 150 valence electrons. The molecule has 0 saturated carbocycles. The van der Waals surface area contributed by atoms with Gasteiger partial charge in [-0.25, -0.2) is 4.79 Å². The summed E-state index contributed by atoms with van der Waals surface area (Å²) in [5, 5.41) is 11.1. The van der Waals surface area contributed by atoms with Crippen LogP contribution < -0.4 is 5.32 Å². The minimum atomic E-state index is -0.537. The van der Waals surface area contributed by atoms with Gasteiger partial charge in [0.15, 0.2) is 0 Å². The van der Waals surface area contributed by atoms with Crippen molar-refractivity contribution < 1.29 is 18.7 Å². The van der Waals surface area contributed by atoms with Gasteiger partial charge in [0.05, 0.1) is 0 Å². The molecule has 1 aliphatic rings. The fourth-order valence-corrected chi connectivity index (χ4v) is 2.97. The number of aromatic nitrogens is 2. The number of nitrogens with one attached hydrogen (secondary N) is 1. The summed E-state index contributed by atoms with van der Waals surface area (Å²) >= 11 is 5.86. The summed E-state index contributed by atoms with van der Waals surface area (Å²) in [6.45, 7) is 6.41. The molecule has 1 aromatic heterocycles. The first-order chi connectivity index (χ1) is 13.2. The largest absolute Gasteiger partial charge is 0.444 e. The molecule has 3 rings (SSSR count). The molecule has 1 aromatic carbocycles. The summed E-state index contributed by atoms with van der Waals surface area (Å²) < 4.78 is 10.9. The van der Waals surface area contributed by atoms with Crippen molar-refractivity contribution >= 4 is 29.6 Å². The maximum Gasteiger partial charge on any atom is 0.410 e. The number of nitrogens with zero attached hydrogens (tertiary/aromatic N) is 3. The van der Waals surface area contributed by atoms with Crippen molar-refractivity contribution in [1.82, 2.24) is 15.1 Å². The Labute approximate surface area is 168 Å². The van der Waals surface area contributed by atoms with E-state index in [9.17, 15) is 9.59 Å². The summed E-state index contributed by atoms with van der Waals surface area (Å²) in [7, 11) is 0. The maximum atomic E-state index is 12.5. The van der Waals surface area contributed by atoms with Crippen LogP contribution in [-0.4, -0.2) is 45.8 Å². The summed E-state index contributed by atoms with van der Waals surface area (Å²) in [5.74, 6) is -0.133. The molecule has 9 heteroatoms. The van der Waals surface area contributed by atoms with Gasteiger partial charge in [0.1, 0.15) is 5.60 Å². The van der Waals surface area contributed by atoms with E-state index in [1.54, 1.807) is 29.2 Å². The van der Waals surface area contributed by atoms with Gasteiger partial charge < -0.3 is 14.1 Å². The molecule has 28 heavy (non-hydrogen) atoms. The monoisotopic (exact) mass is 406 g/mol. The van der Waals surface area contributed by atoms with E-state index in [-0.39, 0.29) is 23.9 Å². The van der Waals surface area contributed by atoms with Crippen molar-refractivity contribution in [3.8, 4) is 11.5 Å². The van der Waals surface area contributed by atoms with Crippen LogP contribution in [0.4, 0.5) is 10.8 Å². The summed E-state index contributed by atoms with van der Waals surface area (Å²) in [6, 6.07) is 7.00. The maximum absolute atomic E-state index is 12.5. The molecule has 1 N–H and O–H groups in total. The third-order valence-corrected chi connectivity index (χ3v) is 4.52. The van der Waals surface area contributed by atoms with Gasteiger partial charge in [-0.3, -0.25) is 10.1 Å². The first-order valence-electron chi connectivity index (χ1n) is 9.09. The normalized spacial score (nSPS) is 15.4. The van der Waals surface area contributed by atoms with Crippen molar-refractivity contribution in [3.05, 3.63) is 29.3 Å². The zero-order chi connectivity index (χ0) is 20.3. The third kappa shape index (κ3) is 5.22. The first kappa shape index (κ1) is 20.1. The molecule has 0 bridgehead atoms. The lowest BCUT2D eigenvalue weighted by Gasteiger charge is -2.32. The number of carbonyl (C=O) groups excluding carboxylic acids is 2. The number of ether oxygens (including phenoxy) is 1. The van der Waals surface area contributed by atoms with Crippen molar-refractivity contribution in [3.63, 3.8) is 0 Å². The van der Waals surface area contributed by atoms with E-state index >= 15 is 0 Å². The fraction of sp³-hybridized carbons (Fsp3) is 0.474. The van der Waals surface area contributed by atoms with E-state index in [2.05, 4.69) is 15.5 Å². The molecule has 0 radical (unpaired) electrons. The molecule has 2 amide bonds. The smallest absolute Gasteiger partial charge is 0.410 e. The second kappa shape index (κ2) is 8.18. The Morgan fingerprint density at radius 2 is 1.82 bits per heavy atom. The minimum Gasteiger partial charge on any atom is -0.444 e. The highest BCUT2D eigenvalue weighted by Gasteiger charge is 2.30. The number of anilines is 1. The topological polar surface area (TPSA) is 97.6 Å². The Balaban J connectivity index is 1.52. The van der Waals surface area contributed by atoms with E-state index in [4.69, 9.17) is 20.8 Å². The van der Waals surface area contributed by atoms with Gasteiger partial charge in [0, 0.05) is 29.6 Å². The number of rotatable bonds is 3. The van der Waals surface area contributed by atoms with Gasteiger partial charge in [-0.1, -0.05) is 16.7 Å². The Morgan fingerprint density at radius 3 is 2.43 bits per heavy atom. The molecule has 0 spiro atoms. The molecule has 1 saturated heterocycles.